The number of carbonyl (C=O) groups is 1. The summed E-state index contributed by atoms with van der Waals surface area (Å²) in [6.45, 7) is 1.09. The third-order valence-corrected chi connectivity index (χ3v) is 4.12. The molecule has 120 valence electrons. The largest absolute Gasteiger partial charge is 0.443 e. The molecule has 3 aromatic heterocycles. The summed E-state index contributed by atoms with van der Waals surface area (Å²) in [6.07, 6.45) is 9.40. The van der Waals surface area contributed by atoms with Gasteiger partial charge in [-0.1, -0.05) is 0 Å². The van der Waals surface area contributed by atoms with Crippen molar-refractivity contribution in [1.82, 2.24) is 19.3 Å². The van der Waals surface area contributed by atoms with Gasteiger partial charge in [0.15, 0.2) is 24.2 Å². The van der Waals surface area contributed by atoms with Crippen LogP contribution in [0.1, 0.15) is 6.42 Å². The third-order valence-electron chi connectivity index (χ3n) is 4.12. The van der Waals surface area contributed by atoms with Crippen LogP contribution in [0.2, 0.25) is 0 Å². The fourth-order valence-corrected chi connectivity index (χ4v) is 2.85. The molecule has 0 saturated carbocycles. The Morgan fingerprint density at radius 3 is 3.08 bits per heavy atom. The molecule has 0 aliphatic carbocycles. The molecular formula is C16H14N6O2. The topological polar surface area (TPSA) is 99.5 Å². The molecule has 0 spiro atoms. The van der Waals surface area contributed by atoms with Crippen molar-refractivity contribution in [2.45, 2.75) is 6.42 Å². The number of anilines is 1. The van der Waals surface area contributed by atoms with Gasteiger partial charge in [-0.3, -0.25) is 4.79 Å². The van der Waals surface area contributed by atoms with Gasteiger partial charge in [0.1, 0.15) is 5.65 Å². The van der Waals surface area contributed by atoms with Crippen LogP contribution in [0.15, 0.2) is 41.5 Å². The number of nitriles is 1. The summed E-state index contributed by atoms with van der Waals surface area (Å²) in [4.78, 5) is 22.2. The molecule has 0 aromatic carbocycles. The molecule has 0 bridgehead atoms. The van der Waals surface area contributed by atoms with Gasteiger partial charge in [0.2, 0.25) is 5.91 Å². The van der Waals surface area contributed by atoms with Crippen molar-refractivity contribution in [3.63, 3.8) is 0 Å². The smallest absolute Gasteiger partial charge is 0.230 e. The number of hydrogen-bond donors (Lipinski definition) is 1. The number of rotatable bonds is 3. The minimum Gasteiger partial charge on any atom is -0.443 e. The van der Waals surface area contributed by atoms with Crippen molar-refractivity contribution in [1.29, 1.82) is 5.26 Å². The van der Waals surface area contributed by atoms with Crippen molar-refractivity contribution < 1.29 is 9.21 Å². The highest BCUT2D eigenvalue weighted by molar-refractivity contribution is 5.92. The Balaban J connectivity index is 1.53. The van der Waals surface area contributed by atoms with Gasteiger partial charge in [0, 0.05) is 24.8 Å². The van der Waals surface area contributed by atoms with Crippen LogP contribution >= 0.6 is 0 Å². The Labute approximate surface area is 137 Å². The molecule has 1 saturated heterocycles. The maximum absolute atomic E-state index is 12.3. The van der Waals surface area contributed by atoms with Gasteiger partial charge in [-0.2, -0.15) is 5.26 Å². The first-order valence-corrected chi connectivity index (χ1v) is 7.56. The first-order chi connectivity index (χ1) is 11.7. The number of imidazole rings is 1. The standard InChI is InChI=1S/C16H14N6O2/c17-9-21-4-3-12(6-21)16(23)20-14-8-22-7-11(1-2-15(22)19-14)13-5-18-10-24-13/h1-2,5,7-8,10,12H,3-4,6H2,(H,20,23). The van der Waals surface area contributed by atoms with Gasteiger partial charge in [-0.25, -0.2) is 9.97 Å². The van der Waals surface area contributed by atoms with Crippen LogP contribution in [-0.2, 0) is 4.79 Å². The number of hydrogen-bond acceptors (Lipinski definition) is 6. The lowest BCUT2D eigenvalue weighted by Crippen LogP contribution is -2.25. The monoisotopic (exact) mass is 322 g/mol. The molecule has 1 aliphatic heterocycles. The molecule has 1 fully saturated rings. The van der Waals surface area contributed by atoms with E-state index in [1.807, 2.05) is 22.7 Å². The Hall–Kier alpha value is -3.34. The zero-order chi connectivity index (χ0) is 16.5. The molecule has 1 atom stereocenters. The van der Waals surface area contributed by atoms with Crippen LogP contribution in [0.25, 0.3) is 17.0 Å². The molecule has 1 unspecified atom stereocenters. The van der Waals surface area contributed by atoms with E-state index in [1.165, 1.54) is 6.39 Å². The SMILES string of the molecule is N#CN1CCC(C(=O)Nc2cn3cc(-c4cnco4)ccc3n2)C1. The van der Waals surface area contributed by atoms with Gasteiger partial charge in [0.05, 0.1) is 18.3 Å². The number of nitrogens with one attached hydrogen (secondary N) is 1. The number of oxazole rings is 1. The van der Waals surface area contributed by atoms with Crippen molar-refractivity contribution in [3.05, 3.63) is 37.1 Å². The van der Waals surface area contributed by atoms with Crippen LogP contribution in [0.5, 0.6) is 0 Å². The molecule has 1 aliphatic rings. The van der Waals surface area contributed by atoms with Gasteiger partial charge < -0.3 is 19.0 Å². The molecule has 8 heteroatoms. The van der Waals surface area contributed by atoms with E-state index in [4.69, 9.17) is 9.68 Å². The van der Waals surface area contributed by atoms with Crippen LogP contribution in [0.4, 0.5) is 5.82 Å². The molecule has 8 nitrogen and oxygen atoms in total. The highest BCUT2D eigenvalue weighted by Gasteiger charge is 2.28. The highest BCUT2D eigenvalue weighted by atomic mass is 16.3. The Kier molecular flexibility index (Phi) is 3.39. The fourth-order valence-electron chi connectivity index (χ4n) is 2.85. The lowest BCUT2D eigenvalue weighted by molar-refractivity contribution is -0.119. The number of carbonyl (C=O) groups excluding carboxylic acids is 1. The molecule has 1 N–H and O–H groups in total. The third kappa shape index (κ3) is 2.56. The summed E-state index contributed by atoms with van der Waals surface area (Å²) in [5.74, 6) is 0.870. The number of likely N-dealkylation sites (tertiary alicyclic amines) is 1. The molecule has 1 amide bonds. The predicted molar refractivity (Wildman–Crippen MR) is 84.6 cm³/mol. The quantitative estimate of drug-likeness (QED) is 0.737. The second-order valence-corrected chi connectivity index (χ2v) is 5.70. The van der Waals surface area contributed by atoms with Crippen molar-refractivity contribution >= 4 is 17.4 Å². The second kappa shape index (κ2) is 5.70. The summed E-state index contributed by atoms with van der Waals surface area (Å²) >= 11 is 0. The van der Waals surface area contributed by atoms with Crippen molar-refractivity contribution in [2.75, 3.05) is 18.4 Å². The van der Waals surface area contributed by atoms with E-state index in [9.17, 15) is 4.79 Å². The highest BCUT2D eigenvalue weighted by Crippen LogP contribution is 2.21. The number of nitrogens with zero attached hydrogens (tertiary/aromatic N) is 5. The van der Waals surface area contributed by atoms with E-state index >= 15 is 0 Å². The summed E-state index contributed by atoms with van der Waals surface area (Å²) < 4.78 is 7.11. The molecule has 4 rings (SSSR count). The molecule has 4 heterocycles. The van der Waals surface area contributed by atoms with E-state index in [0.29, 0.717) is 31.1 Å². The zero-order valence-electron chi connectivity index (χ0n) is 12.7. The van der Waals surface area contributed by atoms with E-state index in [0.717, 1.165) is 11.2 Å². The predicted octanol–water partition coefficient (Wildman–Crippen LogP) is 1.73. The van der Waals surface area contributed by atoms with Crippen LogP contribution in [-0.4, -0.2) is 38.3 Å². The van der Waals surface area contributed by atoms with Crippen LogP contribution < -0.4 is 5.32 Å². The molecule has 3 aromatic rings. The van der Waals surface area contributed by atoms with Crippen LogP contribution in [0.3, 0.4) is 0 Å². The van der Waals surface area contributed by atoms with Crippen molar-refractivity contribution in [2.24, 2.45) is 5.92 Å². The lowest BCUT2D eigenvalue weighted by atomic mass is 10.1. The number of aromatic nitrogens is 3. The zero-order valence-corrected chi connectivity index (χ0v) is 12.7. The minimum absolute atomic E-state index is 0.105. The Bertz CT molecular complexity index is 924. The average molecular weight is 322 g/mol. The van der Waals surface area contributed by atoms with Crippen LogP contribution in [0, 0.1) is 17.4 Å². The normalized spacial score (nSPS) is 17.1. The molecule has 24 heavy (non-hydrogen) atoms. The Morgan fingerprint density at radius 1 is 1.42 bits per heavy atom. The number of pyridine rings is 1. The summed E-state index contributed by atoms with van der Waals surface area (Å²) in [7, 11) is 0. The maximum Gasteiger partial charge on any atom is 0.230 e. The first kappa shape index (κ1) is 14.3. The number of fused-ring (bicyclic) bond motifs is 1. The minimum atomic E-state index is -0.181. The van der Waals surface area contributed by atoms with E-state index in [-0.39, 0.29) is 11.8 Å². The maximum atomic E-state index is 12.3. The summed E-state index contributed by atoms with van der Waals surface area (Å²) in [5.41, 5.74) is 1.59. The molecule has 0 radical (unpaired) electrons. The van der Waals surface area contributed by atoms with E-state index < -0.39 is 0 Å². The van der Waals surface area contributed by atoms with Gasteiger partial charge in [0.25, 0.3) is 0 Å². The van der Waals surface area contributed by atoms with Gasteiger partial charge in [-0.15, -0.1) is 0 Å². The van der Waals surface area contributed by atoms with E-state index in [2.05, 4.69) is 21.5 Å². The first-order valence-electron chi connectivity index (χ1n) is 7.56. The summed E-state index contributed by atoms with van der Waals surface area (Å²) in [5, 5.41) is 11.7. The van der Waals surface area contributed by atoms with Gasteiger partial charge >= 0.3 is 0 Å². The van der Waals surface area contributed by atoms with Crippen molar-refractivity contribution in [3.8, 4) is 17.5 Å². The second-order valence-electron chi connectivity index (χ2n) is 5.70. The molecular weight excluding hydrogens is 308 g/mol. The lowest BCUT2D eigenvalue weighted by Gasteiger charge is -2.08. The van der Waals surface area contributed by atoms with Gasteiger partial charge in [-0.05, 0) is 18.6 Å². The summed E-state index contributed by atoms with van der Waals surface area (Å²) in [6, 6.07) is 3.73. The van der Waals surface area contributed by atoms with E-state index in [1.54, 1.807) is 17.3 Å². The average Bonchev–Trinajstić information content (AvgIpc) is 3.33. The number of amides is 1. The fraction of sp³-hybridized carbons (Fsp3) is 0.250. The Morgan fingerprint density at radius 2 is 2.33 bits per heavy atom.